The number of nitrogens with one attached hydrogen (secondary N) is 2. The lowest BCUT2D eigenvalue weighted by Crippen LogP contribution is -2.47. The van der Waals surface area contributed by atoms with Gasteiger partial charge in [-0.15, -0.1) is 11.8 Å². The molecule has 2 N–H and O–H groups in total. The number of nitriles is 1. The van der Waals surface area contributed by atoms with Crippen molar-refractivity contribution in [3.8, 4) is 6.07 Å². The van der Waals surface area contributed by atoms with Gasteiger partial charge in [0.25, 0.3) is 5.91 Å². The van der Waals surface area contributed by atoms with E-state index in [1.54, 1.807) is 28.8 Å². The van der Waals surface area contributed by atoms with Crippen LogP contribution in [-0.2, 0) is 0 Å². The molecule has 0 radical (unpaired) electrons. The highest BCUT2D eigenvalue weighted by Crippen LogP contribution is 2.49. The lowest BCUT2D eigenvalue weighted by molar-refractivity contribution is 0.0699. The van der Waals surface area contributed by atoms with Gasteiger partial charge in [-0.05, 0) is 50.1 Å². The van der Waals surface area contributed by atoms with E-state index in [1.165, 1.54) is 18.4 Å². The Morgan fingerprint density at radius 2 is 1.97 bits per heavy atom. The fourth-order valence-electron chi connectivity index (χ4n) is 4.65. The van der Waals surface area contributed by atoms with E-state index in [4.69, 9.17) is 5.26 Å². The maximum atomic E-state index is 13.7. The molecule has 2 aliphatic heterocycles. The van der Waals surface area contributed by atoms with Crippen LogP contribution >= 0.6 is 23.1 Å². The highest BCUT2D eigenvalue weighted by molar-refractivity contribution is 8.01. The van der Waals surface area contributed by atoms with E-state index in [0.29, 0.717) is 58.9 Å². The van der Waals surface area contributed by atoms with E-state index in [0.717, 1.165) is 16.0 Å². The zero-order valence-electron chi connectivity index (χ0n) is 19.3. The van der Waals surface area contributed by atoms with Crippen molar-refractivity contribution in [1.82, 2.24) is 15.2 Å². The number of aryl methyl sites for hydroxylation is 1. The molecule has 8 nitrogen and oxygen atoms in total. The summed E-state index contributed by atoms with van der Waals surface area (Å²) in [6.45, 7) is 2.92. The highest BCUT2D eigenvalue weighted by Gasteiger charge is 2.43. The number of urea groups is 1. The average Bonchev–Trinajstić information content (AvgIpc) is 3.20. The molecule has 178 valence electrons. The van der Waals surface area contributed by atoms with Gasteiger partial charge in [0, 0.05) is 52.8 Å². The molecule has 1 fully saturated rings. The zero-order valence-corrected chi connectivity index (χ0v) is 20.9. The summed E-state index contributed by atoms with van der Waals surface area (Å²) in [5.41, 5.74) is 2.41. The molecule has 0 aliphatic carbocycles. The van der Waals surface area contributed by atoms with Gasteiger partial charge in [0.15, 0.2) is 5.78 Å². The maximum Gasteiger partial charge on any atom is 0.319 e. The SMILES string of the molecule is CNC(=O)Nc1sc2nc(C)ccc2c1C(=O)N1CCC2(CC1)CC(=O)c1cc(C#N)ccc1S2. The number of benzene rings is 1. The van der Waals surface area contributed by atoms with Crippen molar-refractivity contribution in [3.05, 3.63) is 52.7 Å². The summed E-state index contributed by atoms with van der Waals surface area (Å²) < 4.78 is -0.256. The van der Waals surface area contributed by atoms with Crippen LogP contribution in [0.4, 0.5) is 9.80 Å². The first-order chi connectivity index (χ1) is 16.8. The number of amides is 3. The first-order valence-electron chi connectivity index (χ1n) is 11.3. The molecule has 3 aromatic rings. The lowest BCUT2D eigenvalue weighted by atomic mass is 9.87. The molecule has 1 aromatic carbocycles. The van der Waals surface area contributed by atoms with Crippen LogP contribution in [0.3, 0.4) is 0 Å². The second kappa shape index (κ2) is 8.98. The van der Waals surface area contributed by atoms with Crippen LogP contribution in [0.25, 0.3) is 10.2 Å². The van der Waals surface area contributed by atoms with E-state index in [-0.39, 0.29) is 16.4 Å². The van der Waals surface area contributed by atoms with Crippen molar-refractivity contribution in [2.24, 2.45) is 0 Å². The summed E-state index contributed by atoms with van der Waals surface area (Å²) in [5.74, 6) is -0.0904. The summed E-state index contributed by atoms with van der Waals surface area (Å²) in [6, 6.07) is 10.7. The number of carbonyl (C=O) groups excluding carboxylic acids is 3. The fraction of sp³-hybridized carbons (Fsp3) is 0.320. The van der Waals surface area contributed by atoms with Crippen LogP contribution in [0.15, 0.2) is 35.2 Å². The molecule has 1 spiro atoms. The number of ketones is 1. The topological polar surface area (TPSA) is 115 Å². The van der Waals surface area contributed by atoms with E-state index in [1.807, 2.05) is 25.1 Å². The Labute approximate surface area is 210 Å². The Morgan fingerprint density at radius 3 is 2.69 bits per heavy atom. The quantitative estimate of drug-likeness (QED) is 0.527. The van der Waals surface area contributed by atoms with Gasteiger partial charge in [-0.1, -0.05) is 11.3 Å². The molecular formula is C25H23N5O3S2. The Balaban J connectivity index is 1.39. The number of nitrogens with zero attached hydrogens (tertiary/aromatic N) is 3. The van der Waals surface area contributed by atoms with E-state index < -0.39 is 6.03 Å². The van der Waals surface area contributed by atoms with Gasteiger partial charge in [-0.2, -0.15) is 5.26 Å². The molecule has 0 atom stereocenters. The van der Waals surface area contributed by atoms with Crippen LogP contribution in [-0.4, -0.2) is 52.5 Å². The summed E-state index contributed by atoms with van der Waals surface area (Å²) in [7, 11) is 1.53. The highest BCUT2D eigenvalue weighted by atomic mass is 32.2. The molecule has 0 saturated carbocycles. The molecule has 0 bridgehead atoms. The third-order valence-electron chi connectivity index (χ3n) is 6.54. The fourth-order valence-corrected chi connectivity index (χ4v) is 7.24. The Hall–Kier alpha value is -3.42. The third-order valence-corrected chi connectivity index (χ3v) is 9.12. The van der Waals surface area contributed by atoms with Crippen molar-refractivity contribution in [2.75, 3.05) is 25.5 Å². The van der Waals surface area contributed by atoms with Gasteiger partial charge in [0.05, 0.1) is 17.2 Å². The smallest absolute Gasteiger partial charge is 0.319 e. The number of aromatic nitrogens is 1. The number of piperidine rings is 1. The van der Waals surface area contributed by atoms with Gasteiger partial charge >= 0.3 is 6.03 Å². The zero-order chi connectivity index (χ0) is 24.7. The standard InChI is InChI=1S/C25H23N5O3S2/c1-14-3-5-16-20(22(29-24(33)27-2)34-21(16)28-14)23(32)30-9-7-25(8-10-30)12-18(31)17-11-15(13-26)4-6-19(17)35-25/h3-6,11H,7-10,12H2,1-2H3,(H2,27,29,33). The predicted octanol–water partition coefficient (Wildman–Crippen LogP) is 4.58. The van der Waals surface area contributed by atoms with E-state index in [2.05, 4.69) is 21.7 Å². The molecule has 0 unspecified atom stereocenters. The summed E-state index contributed by atoms with van der Waals surface area (Å²) in [6.07, 6.45) is 1.77. The molecule has 10 heteroatoms. The van der Waals surface area contributed by atoms with Crippen LogP contribution < -0.4 is 10.6 Å². The summed E-state index contributed by atoms with van der Waals surface area (Å²) >= 11 is 2.98. The van der Waals surface area contributed by atoms with Crippen molar-refractivity contribution in [1.29, 1.82) is 5.26 Å². The number of thiophene rings is 1. The summed E-state index contributed by atoms with van der Waals surface area (Å²) in [4.78, 5) is 46.6. The molecule has 3 amide bonds. The number of Topliss-reactive ketones (excluding diaryl/α,β-unsaturated/α-hetero) is 1. The normalized spacial score (nSPS) is 16.6. The average molecular weight is 506 g/mol. The molecular weight excluding hydrogens is 482 g/mol. The molecule has 2 aliphatic rings. The number of carbonyl (C=O) groups is 3. The maximum absolute atomic E-state index is 13.7. The minimum Gasteiger partial charge on any atom is -0.341 e. The van der Waals surface area contributed by atoms with E-state index >= 15 is 0 Å². The first-order valence-corrected chi connectivity index (χ1v) is 12.9. The number of rotatable bonds is 2. The van der Waals surface area contributed by atoms with E-state index in [9.17, 15) is 14.4 Å². The van der Waals surface area contributed by atoms with Crippen LogP contribution in [0.1, 0.15) is 51.2 Å². The van der Waals surface area contributed by atoms with Crippen molar-refractivity contribution in [3.63, 3.8) is 0 Å². The van der Waals surface area contributed by atoms with Crippen molar-refractivity contribution >= 4 is 56.0 Å². The van der Waals surface area contributed by atoms with Crippen molar-refractivity contribution < 1.29 is 14.4 Å². The van der Waals surface area contributed by atoms with Gasteiger partial charge in [0.1, 0.15) is 9.83 Å². The summed E-state index contributed by atoms with van der Waals surface area (Å²) in [5, 5.41) is 15.7. The Morgan fingerprint density at radius 1 is 1.20 bits per heavy atom. The monoisotopic (exact) mass is 505 g/mol. The third kappa shape index (κ3) is 4.26. The van der Waals surface area contributed by atoms with Gasteiger partial charge < -0.3 is 10.2 Å². The van der Waals surface area contributed by atoms with Crippen LogP contribution in [0.2, 0.25) is 0 Å². The number of anilines is 1. The minimum absolute atomic E-state index is 0.0537. The Kier molecular flexibility index (Phi) is 5.99. The second-order valence-corrected chi connectivity index (χ2v) is 11.3. The number of thioether (sulfide) groups is 1. The Bertz CT molecular complexity index is 1420. The molecule has 1 saturated heterocycles. The first kappa shape index (κ1) is 23.3. The second-order valence-electron chi connectivity index (χ2n) is 8.82. The van der Waals surface area contributed by atoms with Gasteiger partial charge in [-0.3, -0.25) is 14.9 Å². The number of fused-ring (bicyclic) bond motifs is 2. The number of likely N-dealkylation sites (tertiary alicyclic amines) is 1. The molecule has 2 aromatic heterocycles. The largest absolute Gasteiger partial charge is 0.341 e. The van der Waals surface area contributed by atoms with Gasteiger partial charge in [0.2, 0.25) is 0 Å². The van der Waals surface area contributed by atoms with Crippen LogP contribution in [0, 0.1) is 18.3 Å². The van der Waals surface area contributed by atoms with Crippen LogP contribution in [0.5, 0.6) is 0 Å². The molecule has 4 heterocycles. The predicted molar refractivity (Wildman–Crippen MR) is 136 cm³/mol. The van der Waals surface area contributed by atoms with Crippen molar-refractivity contribution in [2.45, 2.75) is 35.8 Å². The number of hydrogen-bond donors (Lipinski definition) is 2. The number of hydrogen-bond acceptors (Lipinski definition) is 7. The number of pyridine rings is 1. The lowest BCUT2D eigenvalue weighted by Gasteiger charge is -2.43. The minimum atomic E-state index is -0.393. The molecule has 35 heavy (non-hydrogen) atoms. The molecule has 5 rings (SSSR count). The van der Waals surface area contributed by atoms with Gasteiger partial charge in [-0.25, -0.2) is 9.78 Å².